The van der Waals surface area contributed by atoms with E-state index in [1.807, 2.05) is 48.5 Å². The Labute approximate surface area is 114 Å². The van der Waals surface area contributed by atoms with E-state index in [-0.39, 0.29) is 5.54 Å². The summed E-state index contributed by atoms with van der Waals surface area (Å²) in [5, 5.41) is 0. The largest absolute Gasteiger partial charge is 0.516 e. The summed E-state index contributed by atoms with van der Waals surface area (Å²) in [4.78, 5) is 3.94. The van der Waals surface area contributed by atoms with Gasteiger partial charge < -0.3 is 13.9 Å². The molecule has 0 aliphatic carbocycles. The second-order valence-electron chi connectivity index (χ2n) is 7.06. The molecule has 19 heavy (non-hydrogen) atoms. The van der Waals surface area contributed by atoms with Crippen LogP contribution in [0.5, 0.6) is 0 Å². The van der Waals surface area contributed by atoms with Crippen molar-refractivity contribution < 1.29 is 13.7 Å². The Morgan fingerprint density at radius 1 is 1.16 bits per heavy atom. The first-order valence-corrected chi connectivity index (χ1v) is 6.55. The highest BCUT2D eigenvalue weighted by Gasteiger charge is 2.52. The SMILES string of the molecule is CC(C)(C)n1cc(B2OC(C)(C)C(C)(C)O2)nc1F. The highest BCUT2D eigenvalue weighted by atomic mass is 19.1. The minimum atomic E-state index is -0.622. The van der Waals surface area contributed by atoms with Gasteiger partial charge in [0.25, 0.3) is 6.08 Å². The van der Waals surface area contributed by atoms with Crippen LogP contribution in [-0.2, 0) is 14.8 Å². The molecule has 1 aromatic rings. The van der Waals surface area contributed by atoms with Gasteiger partial charge >= 0.3 is 7.12 Å². The summed E-state index contributed by atoms with van der Waals surface area (Å²) < 4.78 is 27.1. The Morgan fingerprint density at radius 3 is 2.00 bits per heavy atom. The fraction of sp³-hybridized carbons (Fsp3) is 0.769. The number of aromatic nitrogens is 2. The first-order chi connectivity index (χ1) is 8.44. The monoisotopic (exact) mass is 268 g/mol. The second-order valence-corrected chi connectivity index (χ2v) is 7.06. The molecule has 0 saturated carbocycles. The van der Waals surface area contributed by atoms with Crippen LogP contribution in [0.15, 0.2) is 6.20 Å². The van der Waals surface area contributed by atoms with Crippen LogP contribution in [0.25, 0.3) is 0 Å². The minimum absolute atomic E-state index is 0.362. The Balaban J connectivity index is 2.31. The molecule has 0 bridgehead atoms. The van der Waals surface area contributed by atoms with E-state index in [0.717, 1.165) is 0 Å². The van der Waals surface area contributed by atoms with Gasteiger partial charge in [0.1, 0.15) is 0 Å². The van der Waals surface area contributed by atoms with Crippen molar-refractivity contribution in [3.63, 3.8) is 0 Å². The van der Waals surface area contributed by atoms with Crippen LogP contribution in [0.3, 0.4) is 0 Å². The quantitative estimate of drug-likeness (QED) is 0.731. The van der Waals surface area contributed by atoms with Crippen LogP contribution >= 0.6 is 0 Å². The third-order valence-electron chi connectivity index (χ3n) is 3.90. The van der Waals surface area contributed by atoms with E-state index in [9.17, 15) is 4.39 Å². The molecule has 1 aliphatic heterocycles. The zero-order chi connectivity index (χ0) is 14.6. The van der Waals surface area contributed by atoms with Gasteiger partial charge in [-0.2, -0.15) is 4.39 Å². The number of rotatable bonds is 1. The average molecular weight is 268 g/mol. The number of imidazole rings is 1. The molecule has 0 unspecified atom stereocenters. The molecular weight excluding hydrogens is 246 g/mol. The van der Waals surface area contributed by atoms with E-state index < -0.39 is 24.4 Å². The number of hydrogen-bond donors (Lipinski definition) is 0. The highest BCUT2D eigenvalue weighted by molar-refractivity contribution is 6.61. The summed E-state index contributed by atoms with van der Waals surface area (Å²) in [5.74, 6) is 0. The normalized spacial score (nSPS) is 22.0. The Bertz CT molecular complexity index is 475. The first kappa shape index (κ1) is 14.5. The molecule has 0 radical (unpaired) electrons. The van der Waals surface area contributed by atoms with Crippen LogP contribution < -0.4 is 5.59 Å². The number of hydrogen-bond acceptors (Lipinski definition) is 3. The highest BCUT2D eigenvalue weighted by Crippen LogP contribution is 2.36. The maximum absolute atomic E-state index is 13.9. The topological polar surface area (TPSA) is 36.3 Å². The Hall–Kier alpha value is -0.875. The third-order valence-corrected chi connectivity index (χ3v) is 3.90. The van der Waals surface area contributed by atoms with Crippen molar-refractivity contribution in [1.29, 1.82) is 0 Å². The minimum Gasteiger partial charge on any atom is -0.398 e. The van der Waals surface area contributed by atoms with Gasteiger partial charge in [-0.25, -0.2) is 4.98 Å². The van der Waals surface area contributed by atoms with Gasteiger partial charge in [-0.1, -0.05) is 0 Å². The molecule has 1 saturated heterocycles. The van der Waals surface area contributed by atoms with Crippen molar-refractivity contribution in [2.75, 3.05) is 0 Å². The molecule has 0 atom stereocenters. The predicted molar refractivity (Wildman–Crippen MR) is 72.9 cm³/mol. The first-order valence-electron chi connectivity index (χ1n) is 6.55. The number of halogens is 1. The summed E-state index contributed by atoms with van der Waals surface area (Å²) in [6.45, 7) is 13.6. The van der Waals surface area contributed by atoms with Crippen LogP contribution in [0, 0.1) is 6.08 Å². The summed E-state index contributed by atoms with van der Waals surface area (Å²) >= 11 is 0. The molecule has 6 heteroatoms. The lowest BCUT2D eigenvalue weighted by atomic mass is 9.85. The van der Waals surface area contributed by atoms with Crippen molar-refractivity contribution in [2.24, 2.45) is 0 Å². The van der Waals surface area contributed by atoms with E-state index in [1.54, 1.807) is 6.20 Å². The maximum atomic E-state index is 13.9. The van der Waals surface area contributed by atoms with Crippen LogP contribution in [0.2, 0.25) is 0 Å². The fourth-order valence-electron chi connectivity index (χ4n) is 1.92. The van der Waals surface area contributed by atoms with Gasteiger partial charge in [0.2, 0.25) is 0 Å². The van der Waals surface area contributed by atoms with Crippen molar-refractivity contribution in [3.05, 3.63) is 12.3 Å². The van der Waals surface area contributed by atoms with Gasteiger partial charge in [-0.15, -0.1) is 0 Å². The molecule has 0 amide bonds. The molecule has 1 aliphatic rings. The third kappa shape index (κ3) is 2.43. The van der Waals surface area contributed by atoms with E-state index in [0.29, 0.717) is 5.59 Å². The second kappa shape index (κ2) is 4.06. The molecule has 2 heterocycles. The smallest absolute Gasteiger partial charge is 0.398 e. The molecule has 0 spiro atoms. The molecule has 106 valence electrons. The summed E-state index contributed by atoms with van der Waals surface area (Å²) in [7, 11) is -0.622. The molecule has 0 N–H and O–H groups in total. The van der Waals surface area contributed by atoms with E-state index in [1.165, 1.54) is 4.57 Å². The number of nitrogens with zero attached hydrogens (tertiary/aromatic N) is 2. The molecule has 1 fully saturated rings. The standard InChI is InChI=1S/C13H22BFN2O2/c1-11(2,3)17-8-9(16-10(17)15)14-18-12(4,5)13(6,7)19-14/h8H,1-7H3. The predicted octanol–water partition coefficient (Wildman–Crippen LogP) is 2.08. The average Bonchev–Trinajstić information content (AvgIpc) is 2.65. The Kier molecular flexibility index (Phi) is 3.10. The zero-order valence-electron chi connectivity index (χ0n) is 12.7. The Morgan fingerprint density at radius 2 is 1.63 bits per heavy atom. The summed E-state index contributed by atoms with van der Waals surface area (Å²) in [5.41, 5.74) is -0.774. The van der Waals surface area contributed by atoms with Crippen molar-refractivity contribution >= 4 is 12.7 Å². The van der Waals surface area contributed by atoms with Crippen LogP contribution in [-0.4, -0.2) is 27.9 Å². The van der Waals surface area contributed by atoms with Crippen molar-refractivity contribution in [3.8, 4) is 0 Å². The van der Waals surface area contributed by atoms with E-state index >= 15 is 0 Å². The van der Waals surface area contributed by atoms with Crippen LogP contribution in [0.4, 0.5) is 4.39 Å². The molecule has 1 aromatic heterocycles. The molecule has 2 rings (SSSR count). The molecular formula is C13H22BFN2O2. The van der Waals surface area contributed by atoms with E-state index in [2.05, 4.69) is 4.98 Å². The lowest BCUT2D eigenvalue weighted by molar-refractivity contribution is 0.00578. The fourth-order valence-corrected chi connectivity index (χ4v) is 1.92. The van der Waals surface area contributed by atoms with Gasteiger partial charge in [-0.3, -0.25) is 0 Å². The van der Waals surface area contributed by atoms with Gasteiger partial charge in [0.05, 0.1) is 16.8 Å². The maximum Gasteiger partial charge on any atom is 0.516 e. The molecule has 4 nitrogen and oxygen atoms in total. The summed E-state index contributed by atoms with van der Waals surface area (Å²) in [6, 6.07) is 0. The zero-order valence-corrected chi connectivity index (χ0v) is 12.7. The summed E-state index contributed by atoms with van der Waals surface area (Å²) in [6.07, 6.45) is 1.15. The van der Waals surface area contributed by atoms with Gasteiger partial charge in [0, 0.05) is 11.7 Å². The van der Waals surface area contributed by atoms with Crippen LogP contribution in [0.1, 0.15) is 48.5 Å². The van der Waals surface area contributed by atoms with Crippen molar-refractivity contribution in [2.45, 2.75) is 65.2 Å². The molecule has 0 aromatic carbocycles. The van der Waals surface area contributed by atoms with Crippen molar-refractivity contribution in [1.82, 2.24) is 9.55 Å². The van der Waals surface area contributed by atoms with Gasteiger partial charge in [-0.05, 0) is 48.5 Å². The lowest BCUT2D eigenvalue weighted by Gasteiger charge is -2.32. The van der Waals surface area contributed by atoms with E-state index in [4.69, 9.17) is 9.31 Å². The van der Waals surface area contributed by atoms with Gasteiger partial charge in [0.15, 0.2) is 0 Å². The lowest BCUT2D eigenvalue weighted by Crippen LogP contribution is -2.41.